The molecule has 2 N–H and O–H groups in total. The largest absolute Gasteiger partial charge is 0.443 e. The van der Waals surface area contributed by atoms with Crippen LogP contribution in [0, 0.1) is 9.49 Å². The highest BCUT2D eigenvalue weighted by Gasteiger charge is 2.29. The molecule has 0 bridgehead atoms. The first-order valence-electron chi connectivity index (χ1n) is 6.72. The smallest absolute Gasteiger partial charge is 0.407 e. The van der Waals surface area contributed by atoms with E-state index in [1.807, 2.05) is 52.0 Å². The van der Waals surface area contributed by atoms with E-state index in [1.54, 1.807) is 0 Å². The van der Waals surface area contributed by atoms with Crippen molar-refractivity contribution in [2.45, 2.75) is 45.9 Å². The monoisotopic (exact) mass is 391 g/mol. The zero-order valence-electron chi connectivity index (χ0n) is 12.3. The summed E-state index contributed by atoms with van der Waals surface area (Å²) in [6.45, 7) is 7.57. The van der Waals surface area contributed by atoms with Crippen molar-refractivity contribution in [1.82, 2.24) is 5.32 Å². The Morgan fingerprint density at radius 1 is 1.25 bits per heavy atom. The fraction of sp³-hybridized carbons (Fsp3) is 0.533. The summed E-state index contributed by atoms with van der Waals surface area (Å²) in [5, 5.41) is 13.2. The zero-order valence-corrected chi connectivity index (χ0v) is 14.4. The number of aliphatic hydroxyl groups is 1. The number of hydrogen-bond acceptors (Lipinski definition) is 3. The van der Waals surface area contributed by atoms with Gasteiger partial charge >= 0.3 is 6.09 Å². The molecule has 0 aliphatic carbocycles. The zero-order chi connectivity index (χ0) is 15.3. The normalized spacial score (nSPS) is 14.2. The van der Waals surface area contributed by atoms with Crippen LogP contribution in [0.3, 0.4) is 0 Å². The number of ether oxygens (including phenoxy) is 1. The van der Waals surface area contributed by atoms with Gasteiger partial charge in [0.2, 0.25) is 0 Å². The summed E-state index contributed by atoms with van der Waals surface area (Å²) in [6.07, 6.45) is -1.91. The Kier molecular flexibility index (Phi) is 6.75. The Morgan fingerprint density at radius 2 is 1.85 bits per heavy atom. The number of alkyl carbamates (subject to hydrolysis) is 1. The maximum absolute atomic E-state index is 11.7. The highest BCUT2D eigenvalue weighted by Crippen LogP contribution is 2.28. The quantitative estimate of drug-likeness (QED) is 0.756. The van der Waals surface area contributed by atoms with Crippen molar-refractivity contribution in [3.8, 4) is 0 Å². The van der Waals surface area contributed by atoms with E-state index in [0.29, 0.717) is 0 Å². The molecule has 20 heavy (non-hydrogen) atoms. The lowest BCUT2D eigenvalue weighted by Crippen LogP contribution is -2.38. The van der Waals surface area contributed by atoms with Crippen LogP contribution in [0.15, 0.2) is 24.3 Å². The molecule has 0 saturated carbocycles. The average Bonchev–Trinajstić information content (AvgIpc) is 2.34. The molecule has 4 nitrogen and oxygen atoms in total. The third kappa shape index (κ3) is 4.94. The molecule has 0 saturated heterocycles. The fourth-order valence-electron chi connectivity index (χ4n) is 1.85. The molecule has 0 heterocycles. The summed E-state index contributed by atoms with van der Waals surface area (Å²) in [5.74, 6) is 0.0129. The van der Waals surface area contributed by atoms with E-state index < -0.39 is 18.3 Å². The highest BCUT2D eigenvalue weighted by molar-refractivity contribution is 14.1. The molecule has 1 aromatic carbocycles. The van der Waals surface area contributed by atoms with E-state index in [-0.39, 0.29) is 12.0 Å². The topological polar surface area (TPSA) is 58.6 Å². The van der Waals surface area contributed by atoms with Gasteiger partial charge in [-0.15, -0.1) is 0 Å². The third-order valence-corrected chi connectivity index (χ3v) is 3.82. The predicted molar refractivity (Wildman–Crippen MR) is 87.5 cm³/mol. The van der Waals surface area contributed by atoms with E-state index in [0.717, 1.165) is 9.13 Å². The molecule has 5 heteroatoms. The van der Waals surface area contributed by atoms with Gasteiger partial charge in [0.1, 0.15) is 12.2 Å². The minimum Gasteiger partial charge on any atom is -0.443 e. The lowest BCUT2D eigenvalue weighted by molar-refractivity contribution is -0.0238. The second kappa shape index (κ2) is 7.83. The van der Waals surface area contributed by atoms with Crippen LogP contribution in [0.25, 0.3) is 0 Å². The van der Waals surface area contributed by atoms with E-state index in [4.69, 9.17) is 4.74 Å². The van der Waals surface area contributed by atoms with E-state index in [2.05, 4.69) is 27.9 Å². The van der Waals surface area contributed by atoms with Gasteiger partial charge in [-0.1, -0.05) is 32.0 Å². The third-order valence-electron chi connectivity index (χ3n) is 2.84. The SMILES string of the molecule is CC(C)NC(=O)O[C@@H](C(C)C)[C@@H](O)c1ccccc1I. The molecule has 0 spiro atoms. The van der Waals surface area contributed by atoms with E-state index in [9.17, 15) is 9.90 Å². The minimum absolute atomic E-state index is 0.00400. The summed E-state index contributed by atoms with van der Waals surface area (Å²) in [5.41, 5.74) is 0.782. The van der Waals surface area contributed by atoms with Gasteiger partial charge in [0.25, 0.3) is 0 Å². The van der Waals surface area contributed by atoms with Gasteiger partial charge in [0, 0.05) is 9.61 Å². The second-order valence-electron chi connectivity index (χ2n) is 5.38. The molecule has 0 aromatic heterocycles. The Morgan fingerprint density at radius 3 is 2.35 bits per heavy atom. The molecule has 0 radical (unpaired) electrons. The molecule has 0 aliphatic rings. The molecule has 1 aromatic rings. The summed E-state index contributed by atoms with van der Waals surface area (Å²) >= 11 is 2.17. The maximum Gasteiger partial charge on any atom is 0.407 e. The van der Waals surface area contributed by atoms with Crippen LogP contribution in [-0.4, -0.2) is 23.3 Å². The molecule has 1 amide bonds. The van der Waals surface area contributed by atoms with Gasteiger partial charge in [0.05, 0.1) is 0 Å². The maximum atomic E-state index is 11.7. The number of rotatable bonds is 5. The van der Waals surface area contributed by atoms with Crippen LogP contribution in [0.5, 0.6) is 0 Å². The number of nitrogens with one attached hydrogen (secondary N) is 1. The first kappa shape index (κ1) is 17.2. The summed E-state index contributed by atoms with van der Waals surface area (Å²) in [6, 6.07) is 7.56. The number of halogens is 1. The Balaban J connectivity index is 2.86. The number of carbonyl (C=O) groups is 1. The average molecular weight is 391 g/mol. The number of aliphatic hydroxyl groups excluding tert-OH is 1. The Labute approximate surface area is 134 Å². The van der Waals surface area contributed by atoms with Crippen LogP contribution < -0.4 is 5.32 Å². The Bertz CT molecular complexity index is 448. The van der Waals surface area contributed by atoms with Crippen molar-refractivity contribution in [2.75, 3.05) is 0 Å². The molecule has 112 valence electrons. The van der Waals surface area contributed by atoms with Crippen molar-refractivity contribution in [2.24, 2.45) is 5.92 Å². The lowest BCUT2D eigenvalue weighted by Gasteiger charge is -2.27. The molecular weight excluding hydrogens is 369 g/mol. The second-order valence-corrected chi connectivity index (χ2v) is 6.54. The van der Waals surface area contributed by atoms with Crippen molar-refractivity contribution < 1.29 is 14.6 Å². The van der Waals surface area contributed by atoms with Crippen molar-refractivity contribution in [1.29, 1.82) is 0 Å². The summed E-state index contributed by atoms with van der Waals surface area (Å²) < 4.78 is 6.35. The number of benzene rings is 1. The number of hydrogen-bond donors (Lipinski definition) is 2. The Hall–Kier alpha value is -0.820. The van der Waals surface area contributed by atoms with Crippen LogP contribution in [0.1, 0.15) is 39.4 Å². The lowest BCUT2D eigenvalue weighted by atomic mass is 9.96. The standard InChI is InChI=1S/C15H22INO3/c1-9(2)14(20-15(19)17-10(3)4)13(18)11-7-5-6-8-12(11)16/h5-10,13-14,18H,1-4H3,(H,17,19)/t13-,14-/m0/s1. The molecule has 0 fully saturated rings. The van der Waals surface area contributed by atoms with Crippen molar-refractivity contribution >= 4 is 28.7 Å². The molecular formula is C15H22INO3. The van der Waals surface area contributed by atoms with Crippen molar-refractivity contribution in [3.05, 3.63) is 33.4 Å². The van der Waals surface area contributed by atoms with Crippen LogP contribution in [-0.2, 0) is 4.74 Å². The number of carbonyl (C=O) groups excluding carboxylic acids is 1. The summed E-state index contributed by atoms with van der Waals surface area (Å²) in [7, 11) is 0. The minimum atomic E-state index is -0.832. The predicted octanol–water partition coefficient (Wildman–Crippen LogP) is 3.48. The van der Waals surface area contributed by atoms with Crippen LogP contribution in [0.4, 0.5) is 4.79 Å². The van der Waals surface area contributed by atoms with E-state index >= 15 is 0 Å². The van der Waals surface area contributed by atoms with Gasteiger partial charge in [-0.3, -0.25) is 0 Å². The molecule has 0 aliphatic heterocycles. The van der Waals surface area contributed by atoms with Gasteiger partial charge < -0.3 is 15.2 Å². The first-order chi connectivity index (χ1) is 9.32. The molecule has 1 rings (SSSR count). The van der Waals surface area contributed by atoms with E-state index in [1.165, 1.54) is 0 Å². The van der Waals surface area contributed by atoms with Crippen LogP contribution in [0.2, 0.25) is 0 Å². The van der Waals surface area contributed by atoms with Gasteiger partial charge in [0.15, 0.2) is 0 Å². The van der Waals surface area contributed by atoms with Crippen molar-refractivity contribution in [3.63, 3.8) is 0 Å². The summed E-state index contributed by atoms with van der Waals surface area (Å²) in [4.78, 5) is 11.7. The number of amides is 1. The van der Waals surface area contributed by atoms with Crippen LogP contribution >= 0.6 is 22.6 Å². The first-order valence-corrected chi connectivity index (χ1v) is 7.80. The molecule has 2 atom stereocenters. The van der Waals surface area contributed by atoms with Gasteiger partial charge in [-0.2, -0.15) is 0 Å². The fourth-order valence-corrected chi connectivity index (χ4v) is 2.56. The van der Waals surface area contributed by atoms with Gasteiger partial charge in [-0.25, -0.2) is 4.79 Å². The molecule has 0 unspecified atom stereocenters. The highest BCUT2D eigenvalue weighted by atomic mass is 127. The van der Waals surface area contributed by atoms with Gasteiger partial charge in [-0.05, 0) is 54.0 Å².